The Morgan fingerprint density at radius 2 is 2.09 bits per heavy atom. The van der Waals surface area contributed by atoms with Gasteiger partial charge in [0.15, 0.2) is 6.61 Å². The molecular weight excluding hydrogens is 294 g/mol. The van der Waals surface area contributed by atoms with Crippen LogP contribution in [0.1, 0.15) is 32.0 Å². The molecule has 0 radical (unpaired) electrons. The molecule has 1 aromatic heterocycles. The molecule has 1 aromatic carbocycles. The molecule has 6 heteroatoms. The lowest BCUT2D eigenvalue weighted by molar-refractivity contribution is -0.118. The summed E-state index contributed by atoms with van der Waals surface area (Å²) < 4.78 is 7.25. The number of amides is 1. The van der Waals surface area contributed by atoms with E-state index >= 15 is 0 Å². The average molecular weight is 317 g/mol. The normalized spacial score (nSPS) is 11.3. The molecule has 2 N–H and O–H groups in total. The predicted molar refractivity (Wildman–Crippen MR) is 88.4 cm³/mol. The van der Waals surface area contributed by atoms with Crippen LogP contribution in [0.25, 0.3) is 0 Å². The maximum absolute atomic E-state index is 12.1. The lowest BCUT2D eigenvalue weighted by atomic mass is 10.1. The number of hydrogen-bond donors (Lipinski definition) is 2. The molecule has 0 spiro atoms. The third-order valence-electron chi connectivity index (χ3n) is 3.19. The van der Waals surface area contributed by atoms with E-state index in [0.29, 0.717) is 11.6 Å². The lowest BCUT2D eigenvalue weighted by Gasteiger charge is -2.22. The summed E-state index contributed by atoms with van der Waals surface area (Å²) in [6.45, 7) is 7.77. The number of nitrogens with one attached hydrogen (secondary N) is 1. The van der Waals surface area contributed by atoms with Gasteiger partial charge in [-0.2, -0.15) is 5.10 Å². The van der Waals surface area contributed by atoms with Gasteiger partial charge in [0.2, 0.25) is 0 Å². The van der Waals surface area contributed by atoms with Gasteiger partial charge in [0.1, 0.15) is 11.6 Å². The van der Waals surface area contributed by atoms with E-state index in [1.165, 1.54) is 0 Å². The van der Waals surface area contributed by atoms with Crippen LogP contribution in [0.2, 0.25) is 0 Å². The van der Waals surface area contributed by atoms with Crippen LogP contribution in [0.3, 0.4) is 0 Å². The fraction of sp³-hybridized carbons (Fsp3) is 0.412. The summed E-state index contributed by atoms with van der Waals surface area (Å²) in [4.78, 5) is 12.1. The molecule has 23 heavy (non-hydrogen) atoms. The van der Waals surface area contributed by atoms with Gasteiger partial charge in [0.25, 0.3) is 5.91 Å². The van der Waals surface area contributed by atoms with Crippen molar-refractivity contribution in [1.82, 2.24) is 9.78 Å². The molecule has 1 heterocycles. The highest BCUT2D eigenvalue weighted by atomic mass is 16.5. The molecule has 0 saturated carbocycles. The summed E-state index contributed by atoms with van der Waals surface area (Å²) in [5.74, 6) is 0.935. The second kappa shape index (κ2) is 6.83. The van der Waals surface area contributed by atoms with E-state index in [1.807, 2.05) is 33.8 Å². The summed E-state index contributed by atoms with van der Waals surface area (Å²) in [6, 6.07) is 8.84. The second-order valence-corrected chi connectivity index (χ2v) is 6.40. The van der Waals surface area contributed by atoms with E-state index in [2.05, 4.69) is 10.4 Å². The molecule has 0 unspecified atom stereocenters. The van der Waals surface area contributed by atoms with E-state index in [9.17, 15) is 4.79 Å². The number of hydrogen-bond acceptors (Lipinski definition) is 4. The van der Waals surface area contributed by atoms with Gasteiger partial charge in [-0.3, -0.25) is 4.79 Å². The predicted octanol–water partition coefficient (Wildman–Crippen LogP) is 2.46. The van der Waals surface area contributed by atoms with E-state index in [1.54, 1.807) is 28.9 Å². The van der Waals surface area contributed by atoms with Crippen LogP contribution in [0.15, 0.2) is 30.3 Å². The summed E-state index contributed by atoms with van der Waals surface area (Å²) in [7, 11) is 0. The highest BCUT2D eigenvalue weighted by Gasteiger charge is 2.20. The van der Waals surface area contributed by atoms with Crippen molar-refractivity contribution in [2.45, 2.75) is 39.8 Å². The number of aromatic nitrogens is 2. The molecule has 0 saturated heterocycles. The molecule has 124 valence electrons. The maximum atomic E-state index is 12.1. The minimum atomic E-state index is -0.259. The summed E-state index contributed by atoms with van der Waals surface area (Å²) in [5.41, 5.74) is 1.35. The van der Waals surface area contributed by atoms with E-state index in [-0.39, 0.29) is 24.7 Å². The first kappa shape index (κ1) is 17.0. The lowest BCUT2D eigenvalue weighted by Crippen LogP contribution is -2.28. The Hall–Kier alpha value is -2.34. The highest BCUT2D eigenvalue weighted by Crippen LogP contribution is 2.21. The zero-order chi connectivity index (χ0) is 17.0. The molecule has 2 rings (SSSR count). The van der Waals surface area contributed by atoms with Crippen LogP contribution in [0, 0.1) is 6.92 Å². The first-order valence-corrected chi connectivity index (χ1v) is 7.49. The monoisotopic (exact) mass is 317 g/mol. The van der Waals surface area contributed by atoms with Gasteiger partial charge < -0.3 is 15.2 Å². The quantitative estimate of drug-likeness (QED) is 0.888. The van der Waals surface area contributed by atoms with Crippen LogP contribution < -0.4 is 10.1 Å². The zero-order valence-electron chi connectivity index (χ0n) is 14.0. The van der Waals surface area contributed by atoms with Crippen molar-refractivity contribution in [3.63, 3.8) is 0 Å². The largest absolute Gasteiger partial charge is 0.484 e. The minimum Gasteiger partial charge on any atom is -0.484 e. The maximum Gasteiger partial charge on any atom is 0.263 e. The van der Waals surface area contributed by atoms with Crippen molar-refractivity contribution in [2.24, 2.45) is 0 Å². The average Bonchev–Trinajstić information content (AvgIpc) is 2.86. The Morgan fingerprint density at radius 3 is 2.74 bits per heavy atom. The summed E-state index contributed by atoms with van der Waals surface area (Å²) in [6.07, 6.45) is 0. The van der Waals surface area contributed by atoms with E-state index < -0.39 is 0 Å². The van der Waals surface area contributed by atoms with E-state index in [0.717, 1.165) is 11.3 Å². The Bertz CT molecular complexity index is 687. The molecule has 0 atom stereocenters. The van der Waals surface area contributed by atoms with Gasteiger partial charge in [-0.25, -0.2) is 4.68 Å². The van der Waals surface area contributed by atoms with Gasteiger partial charge in [0.05, 0.1) is 17.8 Å². The number of rotatable bonds is 5. The number of carbonyl (C=O) groups excluding carboxylic acids is 1. The number of nitrogens with zero attached hydrogens (tertiary/aromatic N) is 2. The number of ether oxygens (including phenoxy) is 1. The molecular formula is C17H23N3O3. The number of aliphatic hydroxyl groups excluding tert-OH is 1. The van der Waals surface area contributed by atoms with Crippen molar-refractivity contribution in [3.8, 4) is 5.75 Å². The van der Waals surface area contributed by atoms with Crippen LogP contribution in [-0.2, 0) is 16.9 Å². The number of carbonyl (C=O) groups is 1. The standard InChI is InChI=1S/C17H23N3O3/c1-12-8-15(20(19-12)17(2,3)4)18-16(22)11-23-14-7-5-6-13(9-14)10-21/h5-9,21H,10-11H2,1-4H3,(H,18,22). The zero-order valence-corrected chi connectivity index (χ0v) is 14.0. The van der Waals surface area contributed by atoms with Gasteiger partial charge in [0, 0.05) is 6.07 Å². The smallest absolute Gasteiger partial charge is 0.263 e. The number of aliphatic hydroxyl groups is 1. The van der Waals surface area contributed by atoms with Crippen molar-refractivity contribution in [3.05, 3.63) is 41.6 Å². The fourth-order valence-corrected chi connectivity index (χ4v) is 2.16. The van der Waals surface area contributed by atoms with Gasteiger partial charge in [-0.1, -0.05) is 12.1 Å². The minimum absolute atomic E-state index is 0.0621. The molecule has 0 aliphatic carbocycles. The molecule has 0 fully saturated rings. The molecule has 1 amide bonds. The molecule has 0 aliphatic heterocycles. The van der Waals surface area contributed by atoms with Crippen LogP contribution >= 0.6 is 0 Å². The first-order valence-electron chi connectivity index (χ1n) is 7.49. The molecule has 0 aliphatic rings. The Morgan fingerprint density at radius 1 is 1.35 bits per heavy atom. The number of aryl methyl sites for hydroxylation is 1. The number of anilines is 1. The third kappa shape index (κ3) is 4.56. The van der Waals surface area contributed by atoms with Crippen molar-refractivity contribution in [1.29, 1.82) is 0 Å². The third-order valence-corrected chi connectivity index (χ3v) is 3.19. The van der Waals surface area contributed by atoms with Crippen molar-refractivity contribution in [2.75, 3.05) is 11.9 Å². The van der Waals surface area contributed by atoms with Gasteiger partial charge in [-0.05, 0) is 45.4 Å². The summed E-state index contributed by atoms with van der Waals surface area (Å²) >= 11 is 0. The van der Waals surface area contributed by atoms with Gasteiger partial charge >= 0.3 is 0 Å². The van der Waals surface area contributed by atoms with Crippen molar-refractivity contribution >= 4 is 11.7 Å². The molecule has 6 nitrogen and oxygen atoms in total. The SMILES string of the molecule is Cc1cc(NC(=O)COc2cccc(CO)c2)n(C(C)(C)C)n1. The Labute approximate surface area is 136 Å². The Kier molecular flexibility index (Phi) is 5.05. The molecule has 0 bridgehead atoms. The van der Waals surface area contributed by atoms with Crippen LogP contribution in [-0.4, -0.2) is 27.4 Å². The summed E-state index contributed by atoms with van der Waals surface area (Å²) in [5, 5.41) is 16.3. The highest BCUT2D eigenvalue weighted by molar-refractivity contribution is 5.91. The van der Waals surface area contributed by atoms with Crippen molar-refractivity contribution < 1.29 is 14.6 Å². The topological polar surface area (TPSA) is 76.4 Å². The first-order chi connectivity index (χ1) is 10.8. The van der Waals surface area contributed by atoms with Crippen LogP contribution in [0.5, 0.6) is 5.75 Å². The Balaban J connectivity index is 2.00. The fourth-order valence-electron chi connectivity index (χ4n) is 2.16. The van der Waals surface area contributed by atoms with Crippen LogP contribution in [0.4, 0.5) is 5.82 Å². The second-order valence-electron chi connectivity index (χ2n) is 6.40. The molecule has 2 aromatic rings. The van der Waals surface area contributed by atoms with Gasteiger partial charge in [-0.15, -0.1) is 0 Å². The van der Waals surface area contributed by atoms with E-state index in [4.69, 9.17) is 9.84 Å². The number of benzene rings is 1.